The molecule has 5 nitrogen and oxygen atoms in total. The van der Waals surface area contributed by atoms with Crippen molar-refractivity contribution in [3.63, 3.8) is 0 Å². The highest BCUT2D eigenvalue weighted by atomic mass is 32.1. The van der Waals surface area contributed by atoms with E-state index in [1.165, 1.54) is 11.3 Å². The molecular weight excluding hydrogens is 394 g/mol. The number of hydrogen-bond donors (Lipinski definition) is 1. The summed E-state index contributed by atoms with van der Waals surface area (Å²) in [5.41, 5.74) is 4.46. The molecule has 0 radical (unpaired) electrons. The summed E-state index contributed by atoms with van der Waals surface area (Å²) < 4.78 is 5.45. The molecule has 146 valence electrons. The van der Waals surface area contributed by atoms with Crippen LogP contribution in [0.4, 0.5) is 5.13 Å². The fourth-order valence-corrected chi connectivity index (χ4v) is 3.65. The predicted molar refractivity (Wildman–Crippen MR) is 118 cm³/mol. The number of para-hydroxylation sites is 1. The number of aromatic nitrogens is 1. The van der Waals surface area contributed by atoms with E-state index in [1.807, 2.05) is 41.8 Å². The number of benzene rings is 3. The van der Waals surface area contributed by atoms with Gasteiger partial charge in [0.05, 0.1) is 11.3 Å². The molecule has 1 N–H and O–H groups in total. The Morgan fingerprint density at radius 1 is 0.933 bits per heavy atom. The summed E-state index contributed by atoms with van der Waals surface area (Å²) in [5.74, 6) is 0.0524. The lowest BCUT2D eigenvalue weighted by molar-refractivity contribution is -0.118. The van der Waals surface area contributed by atoms with E-state index in [1.54, 1.807) is 24.3 Å². The molecule has 0 saturated carbocycles. The number of ether oxygens (including phenoxy) is 1. The zero-order valence-electron chi connectivity index (χ0n) is 15.9. The minimum absolute atomic E-state index is 0.195. The van der Waals surface area contributed by atoms with E-state index in [4.69, 9.17) is 10.00 Å². The van der Waals surface area contributed by atoms with E-state index in [0.717, 1.165) is 22.4 Å². The zero-order valence-corrected chi connectivity index (χ0v) is 16.7. The van der Waals surface area contributed by atoms with Crippen LogP contribution in [0.25, 0.3) is 22.4 Å². The fraction of sp³-hybridized carbons (Fsp3) is 0.0417. The number of nitriles is 1. The lowest BCUT2D eigenvalue weighted by Gasteiger charge is -2.07. The molecule has 4 rings (SSSR count). The van der Waals surface area contributed by atoms with Gasteiger partial charge in [-0.1, -0.05) is 66.7 Å². The third-order valence-electron chi connectivity index (χ3n) is 4.40. The molecule has 0 fully saturated rings. The molecule has 0 aliphatic carbocycles. The highest BCUT2D eigenvalue weighted by molar-refractivity contribution is 7.14. The van der Waals surface area contributed by atoms with E-state index in [0.29, 0.717) is 16.4 Å². The van der Waals surface area contributed by atoms with Crippen molar-refractivity contribution in [2.24, 2.45) is 0 Å². The summed E-state index contributed by atoms with van der Waals surface area (Å²) >= 11 is 1.35. The van der Waals surface area contributed by atoms with Crippen molar-refractivity contribution in [3.8, 4) is 34.2 Å². The first-order valence-electron chi connectivity index (χ1n) is 9.26. The summed E-state index contributed by atoms with van der Waals surface area (Å²) in [4.78, 5) is 16.7. The highest BCUT2D eigenvalue weighted by Crippen LogP contribution is 2.27. The number of thiazole rings is 1. The summed E-state index contributed by atoms with van der Waals surface area (Å²) in [6.07, 6.45) is 0. The minimum Gasteiger partial charge on any atom is -0.482 e. The molecule has 0 spiro atoms. The van der Waals surface area contributed by atoms with E-state index in [9.17, 15) is 4.79 Å². The van der Waals surface area contributed by atoms with Gasteiger partial charge in [-0.15, -0.1) is 11.3 Å². The second-order valence-corrected chi connectivity index (χ2v) is 7.28. The molecule has 1 heterocycles. The Morgan fingerprint density at radius 3 is 2.37 bits per heavy atom. The van der Waals surface area contributed by atoms with Gasteiger partial charge < -0.3 is 4.74 Å². The molecule has 0 unspecified atom stereocenters. The van der Waals surface area contributed by atoms with Gasteiger partial charge >= 0.3 is 0 Å². The van der Waals surface area contributed by atoms with Crippen molar-refractivity contribution >= 4 is 22.4 Å². The van der Waals surface area contributed by atoms with Gasteiger partial charge in [0.15, 0.2) is 11.7 Å². The van der Waals surface area contributed by atoms with Crippen LogP contribution in [0.1, 0.15) is 5.56 Å². The Balaban J connectivity index is 1.38. The zero-order chi connectivity index (χ0) is 20.8. The molecule has 0 aliphatic heterocycles. The van der Waals surface area contributed by atoms with Crippen molar-refractivity contribution in [3.05, 3.63) is 89.8 Å². The number of amides is 1. The first-order chi connectivity index (χ1) is 14.7. The molecule has 3 aromatic carbocycles. The third kappa shape index (κ3) is 4.54. The summed E-state index contributed by atoms with van der Waals surface area (Å²) in [6.45, 7) is -0.195. The van der Waals surface area contributed by atoms with Gasteiger partial charge in [-0.3, -0.25) is 10.1 Å². The maximum absolute atomic E-state index is 12.2. The minimum atomic E-state index is -0.330. The van der Waals surface area contributed by atoms with Crippen LogP contribution < -0.4 is 10.1 Å². The topological polar surface area (TPSA) is 75.0 Å². The van der Waals surface area contributed by atoms with Crippen molar-refractivity contribution < 1.29 is 9.53 Å². The molecule has 0 bridgehead atoms. The van der Waals surface area contributed by atoms with Gasteiger partial charge in [0.25, 0.3) is 5.91 Å². The van der Waals surface area contributed by atoms with Crippen LogP contribution in [-0.4, -0.2) is 17.5 Å². The van der Waals surface area contributed by atoms with Crippen LogP contribution in [0, 0.1) is 11.3 Å². The van der Waals surface area contributed by atoms with Crippen LogP contribution in [0.2, 0.25) is 0 Å². The van der Waals surface area contributed by atoms with E-state index in [-0.39, 0.29) is 12.5 Å². The quantitative estimate of drug-likeness (QED) is 0.463. The normalized spacial score (nSPS) is 10.2. The molecule has 0 saturated heterocycles. The number of carbonyl (C=O) groups is 1. The molecule has 0 aliphatic rings. The third-order valence-corrected chi connectivity index (χ3v) is 5.16. The number of anilines is 1. The van der Waals surface area contributed by atoms with Gasteiger partial charge in [-0.25, -0.2) is 4.98 Å². The summed E-state index contributed by atoms with van der Waals surface area (Å²) in [7, 11) is 0. The molecule has 4 aromatic rings. The number of nitrogens with zero attached hydrogens (tertiary/aromatic N) is 2. The van der Waals surface area contributed by atoms with Crippen molar-refractivity contribution in [1.29, 1.82) is 5.26 Å². The second kappa shape index (κ2) is 9.03. The van der Waals surface area contributed by atoms with Crippen LogP contribution >= 0.6 is 11.3 Å². The molecule has 0 atom stereocenters. The van der Waals surface area contributed by atoms with Crippen molar-refractivity contribution in [2.45, 2.75) is 0 Å². The first kappa shape index (κ1) is 19.4. The Kier molecular flexibility index (Phi) is 5.83. The van der Waals surface area contributed by atoms with Gasteiger partial charge in [0.2, 0.25) is 0 Å². The van der Waals surface area contributed by atoms with Crippen molar-refractivity contribution in [1.82, 2.24) is 4.98 Å². The average molecular weight is 411 g/mol. The number of carbonyl (C=O) groups excluding carboxylic acids is 1. The maximum atomic E-state index is 12.2. The molecule has 6 heteroatoms. The van der Waals surface area contributed by atoms with E-state index in [2.05, 4.69) is 34.6 Å². The monoisotopic (exact) mass is 411 g/mol. The Hall–Kier alpha value is -3.95. The average Bonchev–Trinajstić information content (AvgIpc) is 3.27. The van der Waals surface area contributed by atoms with E-state index < -0.39 is 0 Å². The largest absolute Gasteiger partial charge is 0.482 e. The lowest BCUT2D eigenvalue weighted by atomic mass is 10.0. The second-order valence-electron chi connectivity index (χ2n) is 6.43. The first-order valence-corrected chi connectivity index (χ1v) is 10.1. The maximum Gasteiger partial charge on any atom is 0.264 e. The predicted octanol–water partition coefficient (Wildman–Crippen LogP) is 5.37. The van der Waals surface area contributed by atoms with Crippen LogP contribution in [0.5, 0.6) is 5.75 Å². The van der Waals surface area contributed by atoms with Gasteiger partial charge in [-0.05, 0) is 23.3 Å². The molecule has 30 heavy (non-hydrogen) atoms. The highest BCUT2D eigenvalue weighted by Gasteiger charge is 2.10. The van der Waals surface area contributed by atoms with Gasteiger partial charge in [0, 0.05) is 10.9 Å². The number of hydrogen-bond acceptors (Lipinski definition) is 5. The fourth-order valence-electron chi connectivity index (χ4n) is 2.91. The number of nitrogens with one attached hydrogen (secondary N) is 1. The molecular formula is C24H17N3O2S. The SMILES string of the molecule is N#Cc1ccccc1OCC(=O)Nc1nc(-c2ccc(-c3ccccc3)cc2)cs1. The van der Waals surface area contributed by atoms with Crippen molar-refractivity contribution in [2.75, 3.05) is 11.9 Å². The van der Waals surface area contributed by atoms with Crippen LogP contribution in [0.15, 0.2) is 84.2 Å². The standard InChI is InChI=1S/C24H17N3O2S/c25-14-20-8-4-5-9-22(20)29-15-23(28)27-24-26-21(16-30-24)19-12-10-18(11-13-19)17-6-2-1-3-7-17/h1-13,16H,15H2,(H,26,27,28). The molecule has 1 aromatic heterocycles. The van der Waals surface area contributed by atoms with Crippen LogP contribution in [-0.2, 0) is 4.79 Å². The molecule has 1 amide bonds. The lowest BCUT2D eigenvalue weighted by Crippen LogP contribution is -2.20. The summed E-state index contributed by atoms with van der Waals surface area (Å²) in [5, 5.41) is 14.2. The van der Waals surface area contributed by atoms with E-state index >= 15 is 0 Å². The summed E-state index contributed by atoms with van der Waals surface area (Å²) in [6, 6.07) is 27.2. The Morgan fingerprint density at radius 2 is 1.60 bits per heavy atom. The smallest absolute Gasteiger partial charge is 0.264 e. The van der Waals surface area contributed by atoms with Crippen LogP contribution in [0.3, 0.4) is 0 Å². The number of rotatable bonds is 6. The Bertz CT molecular complexity index is 1200. The van der Waals surface area contributed by atoms with Gasteiger partial charge in [0.1, 0.15) is 11.8 Å². The Labute approximate surface area is 178 Å². The van der Waals surface area contributed by atoms with Gasteiger partial charge in [-0.2, -0.15) is 5.26 Å².